The molecule has 0 saturated carbocycles. The van der Waals surface area contributed by atoms with Crippen LogP contribution in [-0.2, 0) is 9.47 Å². The minimum Gasteiger partial charge on any atom is -0.389 e. The van der Waals surface area contributed by atoms with Crippen LogP contribution in [0, 0.1) is 0 Å². The molecule has 3 atom stereocenters. The minimum absolute atomic E-state index is 0.233. The van der Waals surface area contributed by atoms with Gasteiger partial charge in [0.15, 0.2) is 0 Å². The fourth-order valence-corrected chi connectivity index (χ4v) is 2.91. The van der Waals surface area contributed by atoms with Crippen LogP contribution in [0.5, 0.6) is 0 Å². The van der Waals surface area contributed by atoms with Crippen molar-refractivity contribution in [3.05, 3.63) is 0 Å². The monoisotopic (exact) mass is 301 g/mol. The summed E-state index contributed by atoms with van der Waals surface area (Å²) in [5, 5.41) is 13.3. The Morgan fingerprint density at radius 1 is 1.38 bits per heavy atom. The van der Waals surface area contributed by atoms with Crippen molar-refractivity contribution in [2.75, 3.05) is 66.6 Å². The van der Waals surface area contributed by atoms with E-state index < -0.39 is 6.10 Å². The number of piperazine rings is 1. The molecule has 6 nitrogen and oxygen atoms in total. The molecule has 21 heavy (non-hydrogen) atoms. The number of nitrogens with one attached hydrogen (secondary N) is 1. The van der Waals surface area contributed by atoms with Crippen molar-refractivity contribution in [1.82, 2.24) is 15.1 Å². The Kier molecular flexibility index (Phi) is 7.36. The highest BCUT2D eigenvalue weighted by atomic mass is 16.5. The highest BCUT2D eigenvalue weighted by molar-refractivity contribution is 4.80. The summed E-state index contributed by atoms with van der Waals surface area (Å²) in [6.45, 7) is 6.64. The summed E-state index contributed by atoms with van der Waals surface area (Å²) in [5.41, 5.74) is 0. The first kappa shape index (κ1) is 17.1. The fourth-order valence-electron chi connectivity index (χ4n) is 2.91. The van der Waals surface area contributed by atoms with Crippen molar-refractivity contribution in [2.24, 2.45) is 0 Å². The van der Waals surface area contributed by atoms with Crippen molar-refractivity contribution in [3.8, 4) is 0 Å². The van der Waals surface area contributed by atoms with Crippen LogP contribution in [0.15, 0.2) is 0 Å². The van der Waals surface area contributed by atoms with Gasteiger partial charge in [-0.1, -0.05) is 0 Å². The molecule has 2 rings (SSSR count). The number of hydrogen-bond acceptors (Lipinski definition) is 6. The van der Waals surface area contributed by atoms with E-state index in [1.165, 1.54) is 0 Å². The second-order valence-corrected chi connectivity index (χ2v) is 6.38. The van der Waals surface area contributed by atoms with E-state index in [2.05, 4.69) is 29.2 Å². The van der Waals surface area contributed by atoms with E-state index in [0.29, 0.717) is 25.8 Å². The van der Waals surface area contributed by atoms with Crippen LogP contribution in [-0.4, -0.2) is 99.8 Å². The lowest BCUT2D eigenvalue weighted by Gasteiger charge is -2.37. The first-order chi connectivity index (χ1) is 10.1. The maximum atomic E-state index is 9.92. The Bertz CT molecular complexity index is 287. The topological polar surface area (TPSA) is 57.2 Å². The molecule has 3 unspecified atom stereocenters. The van der Waals surface area contributed by atoms with E-state index in [4.69, 9.17) is 9.47 Å². The smallest absolute Gasteiger partial charge is 0.0897 e. The number of nitrogens with zero attached hydrogens (tertiary/aromatic N) is 2. The largest absolute Gasteiger partial charge is 0.389 e. The van der Waals surface area contributed by atoms with Gasteiger partial charge in [0.05, 0.1) is 25.4 Å². The zero-order valence-corrected chi connectivity index (χ0v) is 13.5. The van der Waals surface area contributed by atoms with Gasteiger partial charge in [0.2, 0.25) is 0 Å². The zero-order valence-electron chi connectivity index (χ0n) is 13.5. The van der Waals surface area contributed by atoms with Gasteiger partial charge >= 0.3 is 0 Å². The minimum atomic E-state index is -0.446. The SMILES string of the molecule is CN1CCN(C)C(CNCC(O)COCC2CCCO2)C1. The molecule has 6 heteroatoms. The Labute approximate surface area is 128 Å². The second-order valence-electron chi connectivity index (χ2n) is 6.38. The lowest BCUT2D eigenvalue weighted by Crippen LogP contribution is -2.54. The molecule has 0 aromatic heterocycles. The lowest BCUT2D eigenvalue weighted by molar-refractivity contribution is -0.0168. The molecular weight excluding hydrogens is 270 g/mol. The van der Waals surface area contributed by atoms with Crippen LogP contribution in [0.25, 0.3) is 0 Å². The highest BCUT2D eigenvalue weighted by Gasteiger charge is 2.22. The Hall–Kier alpha value is -0.240. The molecule has 124 valence electrons. The molecule has 2 saturated heterocycles. The van der Waals surface area contributed by atoms with Crippen LogP contribution >= 0.6 is 0 Å². The number of aliphatic hydroxyl groups excluding tert-OH is 1. The van der Waals surface area contributed by atoms with E-state index in [-0.39, 0.29) is 6.10 Å². The third-order valence-corrected chi connectivity index (χ3v) is 4.38. The summed E-state index contributed by atoms with van der Waals surface area (Å²) in [6, 6.07) is 0.517. The van der Waals surface area contributed by atoms with Crippen LogP contribution in [0.4, 0.5) is 0 Å². The van der Waals surface area contributed by atoms with Gasteiger partial charge in [0.25, 0.3) is 0 Å². The normalized spacial score (nSPS) is 29.9. The first-order valence-electron chi connectivity index (χ1n) is 8.12. The van der Waals surface area contributed by atoms with E-state index in [1.807, 2.05) is 0 Å². The van der Waals surface area contributed by atoms with Crippen LogP contribution in [0.2, 0.25) is 0 Å². The van der Waals surface area contributed by atoms with Gasteiger partial charge in [0, 0.05) is 45.4 Å². The van der Waals surface area contributed by atoms with Gasteiger partial charge in [0.1, 0.15) is 0 Å². The van der Waals surface area contributed by atoms with Gasteiger partial charge in [-0.2, -0.15) is 0 Å². The van der Waals surface area contributed by atoms with Gasteiger partial charge in [-0.3, -0.25) is 4.90 Å². The molecule has 0 bridgehead atoms. The molecule has 0 aromatic carbocycles. The Morgan fingerprint density at radius 2 is 2.24 bits per heavy atom. The van der Waals surface area contributed by atoms with E-state index >= 15 is 0 Å². The predicted molar refractivity (Wildman–Crippen MR) is 82.6 cm³/mol. The molecule has 2 aliphatic heterocycles. The fraction of sp³-hybridized carbons (Fsp3) is 1.00. The molecule has 2 N–H and O–H groups in total. The van der Waals surface area contributed by atoms with Gasteiger partial charge in [-0.15, -0.1) is 0 Å². The van der Waals surface area contributed by atoms with Crippen molar-refractivity contribution >= 4 is 0 Å². The Balaban J connectivity index is 1.51. The van der Waals surface area contributed by atoms with Crippen molar-refractivity contribution in [1.29, 1.82) is 0 Å². The number of rotatable bonds is 8. The molecule has 0 radical (unpaired) electrons. The molecule has 2 aliphatic rings. The van der Waals surface area contributed by atoms with Crippen molar-refractivity contribution in [2.45, 2.75) is 31.1 Å². The molecule has 2 heterocycles. The van der Waals surface area contributed by atoms with Crippen molar-refractivity contribution in [3.63, 3.8) is 0 Å². The average Bonchev–Trinajstić information content (AvgIpc) is 2.96. The van der Waals surface area contributed by atoms with Crippen LogP contribution in [0.1, 0.15) is 12.8 Å². The maximum Gasteiger partial charge on any atom is 0.0897 e. The summed E-state index contributed by atoms with van der Waals surface area (Å²) in [7, 11) is 4.33. The number of hydrogen-bond donors (Lipinski definition) is 2. The number of ether oxygens (including phenoxy) is 2. The van der Waals surface area contributed by atoms with Crippen molar-refractivity contribution < 1.29 is 14.6 Å². The summed E-state index contributed by atoms with van der Waals surface area (Å²) >= 11 is 0. The summed E-state index contributed by atoms with van der Waals surface area (Å²) in [6.07, 6.45) is 1.99. The third-order valence-electron chi connectivity index (χ3n) is 4.38. The summed E-state index contributed by atoms with van der Waals surface area (Å²) < 4.78 is 11.0. The lowest BCUT2D eigenvalue weighted by atomic mass is 10.2. The predicted octanol–water partition coefficient (Wildman–Crippen LogP) is -0.622. The summed E-state index contributed by atoms with van der Waals surface area (Å²) in [4.78, 5) is 4.74. The molecule has 0 aromatic rings. The molecule has 0 aliphatic carbocycles. The summed E-state index contributed by atoms with van der Waals surface area (Å²) in [5.74, 6) is 0. The second kappa shape index (κ2) is 9.02. The highest BCUT2D eigenvalue weighted by Crippen LogP contribution is 2.11. The van der Waals surface area contributed by atoms with E-state index in [9.17, 15) is 5.11 Å². The van der Waals surface area contributed by atoms with E-state index in [1.54, 1.807) is 0 Å². The quantitative estimate of drug-likeness (QED) is 0.623. The third kappa shape index (κ3) is 6.18. The van der Waals surface area contributed by atoms with Crippen LogP contribution in [0.3, 0.4) is 0 Å². The van der Waals surface area contributed by atoms with E-state index in [0.717, 1.165) is 45.6 Å². The molecular formula is C15H31N3O3. The van der Waals surface area contributed by atoms with Gasteiger partial charge < -0.3 is 24.8 Å². The molecule has 2 fully saturated rings. The van der Waals surface area contributed by atoms with Gasteiger partial charge in [-0.25, -0.2) is 0 Å². The molecule has 0 amide bonds. The van der Waals surface area contributed by atoms with Gasteiger partial charge in [-0.05, 0) is 26.9 Å². The maximum absolute atomic E-state index is 9.92. The van der Waals surface area contributed by atoms with Crippen LogP contribution < -0.4 is 5.32 Å². The molecule has 0 spiro atoms. The standard InChI is InChI=1S/C15H31N3O3/c1-17-5-6-18(2)13(10-17)8-16-9-14(19)11-20-12-15-4-3-7-21-15/h13-16,19H,3-12H2,1-2H3. The number of likely N-dealkylation sites (N-methyl/N-ethyl adjacent to an activating group) is 2. The average molecular weight is 301 g/mol. The zero-order chi connectivity index (χ0) is 15.1. The first-order valence-corrected chi connectivity index (χ1v) is 8.12. The number of aliphatic hydroxyl groups is 1. The Morgan fingerprint density at radius 3 is 3.00 bits per heavy atom.